The summed E-state index contributed by atoms with van der Waals surface area (Å²) in [4.78, 5) is 38.6. The van der Waals surface area contributed by atoms with Gasteiger partial charge in [-0.15, -0.1) is 11.6 Å². The summed E-state index contributed by atoms with van der Waals surface area (Å²) in [6, 6.07) is 8.40. The Balaban J connectivity index is 1.72. The number of ether oxygens (including phenoxy) is 2. The molecule has 2 heterocycles. The summed E-state index contributed by atoms with van der Waals surface area (Å²) in [7, 11) is -1.78. The zero-order valence-corrected chi connectivity index (χ0v) is 21.8. The van der Waals surface area contributed by atoms with Gasteiger partial charge in [-0.1, -0.05) is 18.2 Å². The topological polar surface area (TPSA) is 121 Å². The smallest absolute Gasteiger partial charge is 0.330 e. The second kappa shape index (κ2) is 12.1. The van der Waals surface area contributed by atoms with Crippen LogP contribution in [-0.4, -0.2) is 45.8 Å². The number of aromatic nitrogens is 2. The number of hydrogen-bond acceptors (Lipinski definition) is 8. The lowest BCUT2D eigenvalue weighted by molar-refractivity contribution is -0.149. The second-order valence-electron chi connectivity index (χ2n) is 8.68. The van der Waals surface area contributed by atoms with E-state index in [2.05, 4.69) is 10.1 Å². The molecule has 4 atom stereocenters. The van der Waals surface area contributed by atoms with Crippen molar-refractivity contribution in [3.8, 4) is 5.75 Å². The Kier molecular flexibility index (Phi) is 9.49. The molecule has 10 nitrogen and oxygen atoms in total. The summed E-state index contributed by atoms with van der Waals surface area (Å²) in [5, 5.41) is 3.05. The van der Waals surface area contributed by atoms with Gasteiger partial charge in [0.2, 0.25) is 0 Å². The molecule has 1 aromatic heterocycles. The van der Waals surface area contributed by atoms with Gasteiger partial charge in [-0.25, -0.2) is 9.88 Å². The molecule has 2 N–H and O–H groups in total. The number of hydrogen-bond donors (Lipinski definition) is 2. The van der Waals surface area contributed by atoms with Crippen LogP contribution >= 0.6 is 20.1 Å². The first-order valence-corrected chi connectivity index (χ1v) is 13.0. The number of alkyl halides is 1. The van der Waals surface area contributed by atoms with Crippen LogP contribution in [0.15, 0.2) is 46.1 Å². The largest absolute Gasteiger partial charge is 0.462 e. The quantitative estimate of drug-likeness (QED) is 0.259. The van der Waals surface area contributed by atoms with E-state index in [1.54, 1.807) is 39.8 Å². The van der Waals surface area contributed by atoms with Crippen molar-refractivity contribution >= 4 is 26.1 Å². The van der Waals surface area contributed by atoms with Crippen molar-refractivity contribution in [2.75, 3.05) is 12.5 Å². The first-order valence-electron chi connectivity index (χ1n) is 11.3. The molecule has 1 fully saturated rings. The minimum Gasteiger partial charge on any atom is -0.462 e. The molecule has 0 bridgehead atoms. The fourth-order valence-electron chi connectivity index (χ4n) is 3.42. The molecule has 1 saturated heterocycles. The number of carbonyl (C=O) groups excluding carboxylic acids is 1. The van der Waals surface area contributed by atoms with Crippen molar-refractivity contribution in [2.24, 2.45) is 0 Å². The van der Waals surface area contributed by atoms with E-state index >= 15 is 0 Å². The summed E-state index contributed by atoms with van der Waals surface area (Å²) in [6.07, 6.45) is 1.65. The first kappa shape index (κ1) is 27.4. The third-order valence-corrected chi connectivity index (χ3v) is 7.14. The third kappa shape index (κ3) is 7.38. The lowest BCUT2D eigenvalue weighted by Gasteiger charge is -2.30. The molecule has 0 aliphatic carbocycles. The summed E-state index contributed by atoms with van der Waals surface area (Å²) in [5.74, 6) is 0.251. The van der Waals surface area contributed by atoms with Crippen LogP contribution in [0.3, 0.4) is 0 Å². The standard InChI is InChI=1S/C23H31ClN3O7P/c1-15(2)32-21(29)17(4)26-35(34-18-8-6-5-7-9-18)31-14-23(13-24)11-10-19(33-23)27-12-16(3)20(28)25-22(27)30/h5-9,12,15,17,19,26H,10-11,13-14H2,1-4H3,(H,25,28,30). The van der Waals surface area contributed by atoms with E-state index in [0.717, 1.165) is 0 Å². The predicted molar refractivity (Wildman–Crippen MR) is 133 cm³/mol. The number of H-pyrrole nitrogens is 1. The minimum absolute atomic E-state index is 0.0571. The van der Waals surface area contributed by atoms with Gasteiger partial charge in [-0.3, -0.25) is 19.1 Å². The van der Waals surface area contributed by atoms with Crippen molar-refractivity contribution in [1.29, 1.82) is 0 Å². The summed E-state index contributed by atoms with van der Waals surface area (Å²) >= 11 is 6.29. The highest BCUT2D eigenvalue weighted by atomic mass is 35.5. The van der Waals surface area contributed by atoms with Crippen LogP contribution < -0.4 is 20.9 Å². The van der Waals surface area contributed by atoms with E-state index in [4.69, 9.17) is 30.1 Å². The van der Waals surface area contributed by atoms with Gasteiger partial charge in [-0.05, 0) is 52.7 Å². The van der Waals surface area contributed by atoms with Crippen LogP contribution in [0.2, 0.25) is 0 Å². The van der Waals surface area contributed by atoms with Crippen LogP contribution in [0.1, 0.15) is 45.4 Å². The number of para-hydroxylation sites is 1. The molecule has 0 saturated carbocycles. The Morgan fingerprint density at radius 1 is 1.31 bits per heavy atom. The molecular formula is C23H31ClN3O7P. The lowest BCUT2D eigenvalue weighted by atomic mass is 10.0. The van der Waals surface area contributed by atoms with Crippen LogP contribution in [-0.2, 0) is 18.8 Å². The summed E-state index contributed by atoms with van der Waals surface area (Å²) < 4.78 is 24.9. The fourth-order valence-corrected chi connectivity index (χ4v) is 4.96. The number of aromatic amines is 1. The number of halogens is 1. The van der Waals surface area contributed by atoms with Gasteiger partial charge < -0.3 is 18.5 Å². The highest BCUT2D eigenvalue weighted by molar-refractivity contribution is 7.45. The van der Waals surface area contributed by atoms with Gasteiger partial charge in [0.15, 0.2) is 0 Å². The number of nitrogens with zero attached hydrogens (tertiary/aromatic N) is 1. The molecule has 0 radical (unpaired) electrons. The van der Waals surface area contributed by atoms with E-state index in [-0.39, 0.29) is 18.6 Å². The van der Waals surface area contributed by atoms with E-state index < -0.39 is 43.6 Å². The number of benzene rings is 1. The zero-order chi connectivity index (χ0) is 25.6. The molecule has 12 heteroatoms. The second-order valence-corrected chi connectivity index (χ2v) is 10.2. The zero-order valence-electron chi connectivity index (χ0n) is 20.2. The average Bonchev–Trinajstić information content (AvgIpc) is 3.25. The van der Waals surface area contributed by atoms with E-state index in [1.807, 2.05) is 18.2 Å². The molecule has 3 rings (SSSR count). The summed E-state index contributed by atoms with van der Waals surface area (Å²) in [5.41, 5.74) is -1.47. The lowest BCUT2D eigenvalue weighted by Crippen LogP contribution is -2.40. The molecule has 1 aliphatic heterocycles. The monoisotopic (exact) mass is 527 g/mol. The molecule has 192 valence electrons. The van der Waals surface area contributed by atoms with Gasteiger partial charge >= 0.3 is 20.2 Å². The fraction of sp³-hybridized carbons (Fsp3) is 0.522. The molecule has 35 heavy (non-hydrogen) atoms. The van der Waals surface area contributed by atoms with Crippen molar-refractivity contribution in [2.45, 2.75) is 64.5 Å². The predicted octanol–water partition coefficient (Wildman–Crippen LogP) is 3.38. The number of carbonyl (C=O) groups is 1. The maximum atomic E-state index is 12.3. The van der Waals surface area contributed by atoms with Gasteiger partial charge in [0, 0.05) is 11.8 Å². The van der Waals surface area contributed by atoms with Crippen LogP contribution in [0, 0.1) is 6.92 Å². The van der Waals surface area contributed by atoms with Gasteiger partial charge in [0.1, 0.15) is 23.6 Å². The van der Waals surface area contributed by atoms with Gasteiger partial charge in [-0.2, -0.15) is 0 Å². The highest BCUT2D eigenvalue weighted by Gasteiger charge is 2.42. The minimum atomic E-state index is -1.78. The molecule has 0 spiro atoms. The van der Waals surface area contributed by atoms with Crippen LogP contribution in [0.4, 0.5) is 0 Å². The van der Waals surface area contributed by atoms with Crippen LogP contribution in [0.5, 0.6) is 5.75 Å². The number of rotatable bonds is 11. The van der Waals surface area contributed by atoms with E-state index in [0.29, 0.717) is 24.2 Å². The molecule has 2 aromatic rings. The summed E-state index contributed by atoms with van der Waals surface area (Å²) in [6.45, 7) is 6.89. The van der Waals surface area contributed by atoms with Crippen molar-refractivity contribution in [3.63, 3.8) is 0 Å². The number of aryl methyl sites for hydroxylation is 1. The van der Waals surface area contributed by atoms with Crippen molar-refractivity contribution in [1.82, 2.24) is 14.6 Å². The highest BCUT2D eigenvalue weighted by Crippen LogP contribution is 2.42. The Morgan fingerprint density at radius 2 is 2.03 bits per heavy atom. The number of nitrogens with one attached hydrogen (secondary N) is 2. The SMILES string of the molecule is Cc1cn(C2CCC(CCl)(COP(NC(C)C(=O)OC(C)C)Oc3ccccc3)O2)c(=O)[nH]c1=O. The van der Waals surface area contributed by atoms with Gasteiger partial charge in [0.25, 0.3) is 5.56 Å². The molecular weight excluding hydrogens is 497 g/mol. The molecule has 4 unspecified atom stereocenters. The Labute approximate surface area is 209 Å². The van der Waals surface area contributed by atoms with Crippen LogP contribution in [0.25, 0.3) is 0 Å². The molecule has 1 aliphatic rings. The maximum Gasteiger partial charge on any atom is 0.330 e. The number of esters is 1. The molecule has 0 amide bonds. The average molecular weight is 528 g/mol. The molecule has 1 aromatic carbocycles. The van der Waals surface area contributed by atoms with Gasteiger partial charge in [0.05, 0.1) is 18.6 Å². The van der Waals surface area contributed by atoms with E-state index in [9.17, 15) is 14.4 Å². The third-order valence-electron chi connectivity index (χ3n) is 5.31. The normalized spacial score (nSPS) is 21.6. The Hall–Kier alpha value is -2.23. The van der Waals surface area contributed by atoms with E-state index in [1.165, 1.54) is 10.8 Å². The maximum absolute atomic E-state index is 12.3. The Morgan fingerprint density at radius 3 is 2.69 bits per heavy atom. The Bertz CT molecular complexity index is 1110. The van der Waals surface area contributed by atoms with Crippen molar-refractivity contribution in [3.05, 3.63) is 62.9 Å². The first-order chi connectivity index (χ1) is 16.6. The van der Waals surface area contributed by atoms with Crippen molar-refractivity contribution < 1.29 is 23.3 Å².